The van der Waals surface area contributed by atoms with Crippen molar-refractivity contribution in [1.29, 1.82) is 0 Å². The van der Waals surface area contributed by atoms with Crippen molar-refractivity contribution in [3.05, 3.63) is 34.5 Å². The molecule has 0 spiro atoms. The number of amidine groups is 1. The summed E-state index contributed by atoms with van der Waals surface area (Å²) in [4.78, 5) is 20.9. The molecule has 1 aromatic rings. The number of halogens is 1. The first-order valence-corrected chi connectivity index (χ1v) is 7.79. The molecule has 2 heterocycles. The molecular formula is C15H16FN3O2S. The SMILES string of the molecule is CN1CCN(C2=NC(=O)/C(=C\c3ccc(F)cc3O)S2)CC1. The molecule has 0 radical (unpaired) electrons. The highest BCUT2D eigenvalue weighted by Gasteiger charge is 2.27. The Balaban J connectivity index is 1.75. The molecule has 0 saturated carbocycles. The van der Waals surface area contributed by atoms with Crippen molar-refractivity contribution in [1.82, 2.24) is 9.80 Å². The van der Waals surface area contributed by atoms with E-state index < -0.39 is 5.82 Å². The lowest BCUT2D eigenvalue weighted by Gasteiger charge is -2.32. The number of benzene rings is 1. The van der Waals surface area contributed by atoms with Crippen LogP contribution in [0.15, 0.2) is 28.1 Å². The number of aliphatic imine (C=N–C) groups is 1. The van der Waals surface area contributed by atoms with E-state index in [1.165, 1.54) is 23.9 Å². The van der Waals surface area contributed by atoms with E-state index in [1.807, 2.05) is 0 Å². The fourth-order valence-corrected chi connectivity index (χ4v) is 3.27. The van der Waals surface area contributed by atoms with Gasteiger partial charge in [0, 0.05) is 37.8 Å². The van der Waals surface area contributed by atoms with Gasteiger partial charge in [0.1, 0.15) is 11.6 Å². The Bertz CT molecular complexity index is 667. The molecule has 0 aromatic heterocycles. The third-order valence-corrected chi connectivity index (χ3v) is 4.71. The fourth-order valence-electron chi connectivity index (χ4n) is 2.31. The minimum atomic E-state index is -0.514. The summed E-state index contributed by atoms with van der Waals surface area (Å²) in [6.07, 6.45) is 1.55. The smallest absolute Gasteiger partial charge is 0.286 e. The zero-order valence-electron chi connectivity index (χ0n) is 12.1. The minimum absolute atomic E-state index is 0.186. The predicted octanol–water partition coefficient (Wildman–Crippen LogP) is 1.75. The summed E-state index contributed by atoms with van der Waals surface area (Å²) >= 11 is 1.30. The number of aromatic hydroxyl groups is 1. The zero-order chi connectivity index (χ0) is 15.7. The number of rotatable bonds is 1. The van der Waals surface area contributed by atoms with Crippen LogP contribution < -0.4 is 0 Å². The van der Waals surface area contributed by atoms with Gasteiger partial charge in [-0.3, -0.25) is 4.79 Å². The summed E-state index contributed by atoms with van der Waals surface area (Å²) in [6, 6.07) is 3.72. The van der Waals surface area contributed by atoms with E-state index in [-0.39, 0.29) is 11.7 Å². The number of hydrogen-bond donors (Lipinski definition) is 1. The van der Waals surface area contributed by atoms with E-state index in [0.29, 0.717) is 15.6 Å². The van der Waals surface area contributed by atoms with E-state index in [2.05, 4.69) is 21.8 Å². The van der Waals surface area contributed by atoms with Crippen molar-refractivity contribution in [3.63, 3.8) is 0 Å². The van der Waals surface area contributed by atoms with Crippen LogP contribution in [0.3, 0.4) is 0 Å². The zero-order valence-corrected chi connectivity index (χ0v) is 12.9. The lowest BCUT2D eigenvalue weighted by atomic mass is 10.2. The molecule has 1 saturated heterocycles. The van der Waals surface area contributed by atoms with E-state index >= 15 is 0 Å². The summed E-state index contributed by atoms with van der Waals surface area (Å²) in [5.41, 5.74) is 0.409. The Kier molecular flexibility index (Phi) is 4.17. The number of carbonyl (C=O) groups excluding carboxylic acids is 1. The van der Waals surface area contributed by atoms with Crippen molar-refractivity contribution >= 4 is 28.9 Å². The standard InChI is InChI=1S/C15H16FN3O2S/c1-18-4-6-19(7-5-18)15-17-14(21)13(22-15)8-10-2-3-11(16)9-12(10)20/h2-3,8-9,20H,4-7H2,1H3/b13-8+. The van der Waals surface area contributed by atoms with Gasteiger partial charge in [-0.1, -0.05) is 0 Å². The van der Waals surface area contributed by atoms with Crippen molar-refractivity contribution in [3.8, 4) is 5.75 Å². The van der Waals surface area contributed by atoms with Crippen molar-refractivity contribution < 1.29 is 14.3 Å². The van der Waals surface area contributed by atoms with Gasteiger partial charge in [-0.15, -0.1) is 0 Å². The maximum absolute atomic E-state index is 13.0. The van der Waals surface area contributed by atoms with Crippen LogP contribution in [0.2, 0.25) is 0 Å². The van der Waals surface area contributed by atoms with E-state index in [1.54, 1.807) is 6.08 Å². The van der Waals surface area contributed by atoms with Crippen LogP contribution in [-0.2, 0) is 4.79 Å². The Morgan fingerprint density at radius 1 is 1.32 bits per heavy atom. The lowest BCUT2D eigenvalue weighted by Crippen LogP contribution is -2.46. The van der Waals surface area contributed by atoms with Crippen molar-refractivity contribution in [2.24, 2.45) is 4.99 Å². The molecule has 116 valence electrons. The highest BCUT2D eigenvalue weighted by molar-refractivity contribution is 8.18. The van der Waals surface area contributed by atoms with Gasteiger partial charge < -0.3 is 14.9 Å². The molecule has 0 atom stereocenters. The molecule has 22 heavy (non-hydrogen) atoms. The van der Waals surface area contributed by atoms with Gasteiger partial charge >= 0.3 is 0 Å². The topological polar surface area (TPSA) is 56.1 Å². The highest BCUT2D eigenvalue weighted by atomic mass is 32.2. The molecule has 1 aromatic carbocycles. The molecule has 3 rings (SSSR count). The summed E-state index contributed by atoms with van der Waals surface area (Å²) in [5.74, 6) is -1.02. The van der Waals surface area contributed by atoms with Gasteiger partial charge in [-0.25, -0.2) is 4.39 Å². The third-order valence-electron chi connectivity index (χ3n) is 3.66. The number of amides is 1. The number of thioether (sulfide) groups is 1. The Morgan fingerprint density at radius 3 is 2.73 bits per heavy atom. The van der Waals surface area contributed by atoms with Gasteiger partial charge in [0.25, 0.3) is 5.91 Å². The first-order chi connectivity index (χ1) is 10.5. The maximum Gasteiger partial charge on any atom is 0.286 e. The molecule has 1 fully saturated rings. The molecule has 1 amide bonds. The van der Waals surface area contributed by atoms with E-state index in [0.717, 1.165) is 32.2 Å². The Hall–Kier alpha value is -1.86. The van der Waals surface area contributed by atoms with Gasteiger partial charge in [-0.2, -0.15) is 4.99 Å². The van der Waals surface area contributed by atoms with Gasteiger partial charge in [0.2, 0.25) is 0 Å². The Morgan fingerprint density at radius 2 is 2.05 bits per heavy atom. The number of likely N-dealkylation sites (N-methyl/N-ethyl adjacent to an activating group) is 1. The fraction of sp³-hybridized carbons (Fsp3) is 0.333. The molecular weight excluding hydrogens is 305 g/mol. The van der Waals surface area contributed by atoms with Crippen molar-refractivity contribution in [2.75, 3.05) is 33.2 Å². The van der Waals surface area contributed by atoms with Crippen molar-refractivity contribution in [2.45, 2.75) is 0 Å². The molecule has 2 aliphatic heterocycles. The molecule has 5 nitrogen and oxygen atoms in total. The number of hydrogen-bond acceptors (Lipinski definition) is 5. The second-order valence-electron chi connectivity index (χ2n) is 5.30. The average Bonchev–Trinajstić information content (AvgIpc) is 2.84. The van der Waals surface area contributed by atoms with Gasteiger partial charge in [0.15, 0.2) is 5.17 Å². The van der Waals surface area contributed by atoms with E-state index in [4.69, 9.17) is 0 Å². The number of piperazine rings is 1. The van der Waals surface area contributed by atoms with Crippen LogP contribution in [-0.4, -0.2) is 59.2 Å². The summed E-state index contributed by atoms with van der Waals surface area (Å²) in [7, 11) is 2.06. The molecule has 7 heteroatoms. The third kappa shape index (κ3) is 3.15. The number of phenolic OH excluding ortho intramolecular Hbond substituents is 1. The number of phenols is 1. The summed E-state index contributed by atoms with van der Waals surface area (Å²) in [6.45, 7) is 3.55. The normalized spacial score (nSPS) is 21.5. The van der Waals surface area contributed by atoms with Crippen LogP contribution in [0, 0.1) is 5.82 Å². The van der Waals surface area contributed by atoms with Crippen LogP contribution in [0.25, 0.3) is 6.08 Å². The predicted molar refractivity (Wildman–Crippen MR) is 85.1 cm³/mol. The first kappa shape index (κ1) is 15.1. The molecule has 0 bridgehead atoms. The molecule has 0 unspecified atom stereocenters. The number of carbonyl (C=O) groups is 1. The van der Waals surface area contributed by atoms with Crippen LogP contribution in [0.5, 0.6) is 5.75 Å². The molecule has 2 aliphatic rings. The second kappa shape index (κ2) is 6.10. The molecule has 1 N–H and O–H groups in total. The van der Waals surface area contributed by atoms with Gasteiger partial charge in [-0.05, 0) is 37.0 Å². The van der Waals surface area contributed by atoms with E-state index in [9.17, 15) is 14.3 Å². The summed E-state index contributed by atoms with van der Waals surface area (Å²) in [5, 5.41) is 10.4. The largest absolute Gasteiger partial charge is 0.507 e. The van der Waals surface area contributed by atoms with Gasteiger partial charge in [0.05, 0.1) is 4.91 Å². The monoisotopic (exact) mass is 321 g/mol. The second-order valence-corrected chi connectivity index (χ2v) is 6.31. The number of nitrogens with zero attached hydrogens (tertiary/aromatic N) is 3. The first-order valence-electron chi connectivity index (χ1n) is 6.97. The quantitative estimate of drug-likeness (QED) is 0.799. The minimum Gasteiger partial charge on any atom is -0.507 e. The lowest BCUT2D eigenvalue weighted by molar-refractivity contribution is -0.113. The maximum atomic E-state index is 13.0. The van der Waals surface area contributed by atoms with Crippen LogP contribution in [0.4, 0.5) is 4.39 Å². The average molecular weight is 321 g/mol. The molecule has 0 aliphatic carbocycles. The summed E-state index contributed by atoms with van der Waals surface area (Å²) < 4.78 is 13.0. The van der Waals surface area contributed by atoms with Crippen LogP contribution in [0.1, 0.15) is 5.56 Å². The highest BCUT2D eigenvalue weighted by Crippen LogP contribution is 2.32. The Labute approximate surface area is 132 Å². The van der Waals surface area contributed by atoms with Crippen LogP contribution >= 0.6 is 11.8 Å².